The molecule has 0 saturated carbocycles. The number of fused-ring (bicyclic) bond motifs is 9. The molecule has 0 N–H and O–H groups in total. The van der Waals surface area contributed by atoms with Crippen molar-refractivity contribution in [1.29, 1.82) is 0 Å². The van der Waals surface area contributed by atoms with Crippen molar-refractivity contribution in [3.8, 4) is 22.3 Å². The van der Waals surface area contributed by atoms with Crippen molar-refractivity contribution >= 4 is 38.9 Å². The fourth-order valence-electron chi connectivity index (χ4n) is 10.0. The Labute approximate surface area is 316 Å². The minimum atomic E-state index is -0.608. The predicted octanol–water partition coefficient (Wildman–Crippen LogP) is 13.4. The zero-order valence-electron chi connectivity index (χ0n) is 30.4. The van der Waals surface area contributed by atoms with Gasteiger partial charge in [0.05, 0.1) is 22.4 Å². The van der Waals surface area contributed by atoms with Crippen molar-refractivity contribution in [2.75, 3.05) is 4.90 Å². The zero-order chi connectivity index (χ0) is 36.0. The van der Waals surface area contributed by atoms with Crippen LogP contribution < -0.4 is 4.90 Å². The number of hydrogen-bond acceptors (Lipinski definition) is 1. The molecule has 8 aromatic carbocycles. The average molecular weight is 691 g/mol. The van der Waals surface area contributed by atoms with E-state index in [2.05, 4.69) is 217 Å². The molecular weight excluding hydrogens is 653 g/mol. The van der Waals surface area contributed by atoms with Crippen LogP contribution >= 0.6 is 0 Å². The van der Waals surface area contributed by atoms with E-state index < -0.39 is 5.54 Å². The van der Waals surface area contributed by atoms with E-state index >= 15 is 0 Å². The van der Waals surface area contributed by atoms with Crippen LogP contribution in [0.1, 0.15) is 41.7 Å². The molecule has 0 spiro atoms. The maximum Gasteiger partial charge on any atom is 0.122 e. The number of benzene rings is 8. The number of nitrogens with zero attached hydrogens (tertiary/aromatic N) is 2. The Morgan fingerprint density at radius 2 is 0.926 bits per heavy atom. The maximum absolute atomic E-state index is 2.65. The first-order valence-electron chi connectivity index (χ1n) is 19.0. The summed E-state index contributed by atoms with van der Waals surface area (Å²) in [5.41, 5.74) is 16.9. The van der Waals surface area contributed by atoms with Crippen LogP contribution in [0.15, 0.2) is 194 Å². The van der Waals surface area contributed by atoms with E-state index in [1.807, 2.05) is 0 Å². The van der Waals surface area contributed by atoms with E-state index in [0.29, 0.717) is 0 Å². The molecule has 2 aliphatic rings. The molecule has 2 nitrogen and oxygen atoms in total. The number of hydrogen-bond donors (Lipinski definition) is 0. The number of aromatic nitrogens is 1. The molecule has 54 heavy (non-hydrogen) atoms. The van der Waals surface area contributed by atoms with E-state index in [-0.39, 0.29) is 5.41 Å². The monoisotopic (exact) mass is 690 g/mol. The largest absolute Gasteiger partial charge is 0.322 e. The van der Waals surface area contributed by atoms with Gasteiger partial charge < -0.3 is 9.47 Å². The lowest BCUT2D eigenvalue weighted by molar-refractivity contribution is 0.564. The fourth-order valence-corrected chi connectivity index (χ4v) is 10.0. The average Bonchev–Trinajstić information content (AvgIpc) is 3.81. The maximum atomic E-state index is 2.65. The van der Waals surface area contributed by atoms with Crippen LogP contribution in [0.4, 0.5) is 17.1 Å². The summed E-state index contributed by atoms with van der Waals surface area (Å²) in [6.07, 6.45) is 0. The molecule has 0 radical (unpaired) electrons. The van der Waals surface area contributed by atoms with Gasteiger partial charge >= 0.3 is 0 Å². The Morgan fingerprint density at radius 1 is 0.407 bits per heavy atom. The molecule has 0 atom stereocenters. The van der Waals surface area contributed by atoms with E-state index in [1.54, 1.807) is 0 Å². The molecule has 0 unspecified atom stereocenters. The van der Waals surface area contributed by atoms with Gasteiger partial charge in [0.2, 0.25) is 0 Å². The van der Waals surface area contributed by atoms with E-state index in [9.17, 15) is 0 Å². The first kappa shape index (κ1) is 30.9. The minimum Gasteiger partial charge on any atom is -0.322 e. The number of rotatable bonds is 5. The van der Waals surface area contributed by atoms with Crippen molar-refractivity contribution < 1.29 is 0 Å². The smallest absolute Gasteiger partial charge is 0.122 e. The van der Waals surface area contributed by atoms with Crippen LogP contribution in [0.25, 0.3) is 44.1 Å². The lowest BCUT2D eigenvalue weighted by atomic mass is 9.80. The highest BCUT2D eigenvalue weighted by Gasteiger charge is 2.48. The molecule has 0 amide bonds. The predicted molar refractivity (Wildman–Crippen MR) is 225 cm³/mol. The molecule has 0 saturated heterocycles. The molecule has 0 bridgehead atoms. The van der Waals surface area contributed by atoms with Crippen LogP contribution in [0.5, 0.6) is 0 Å². The van der Waals surface area contributed by atoms with Crippen molar-refractivity contribution in [2.45, 2.75) is 24.8 Å². The molecule has 2 heteroatoms. The van der Waals surface area contributed by atoms with Gasteiger partial charge in [0.25, 0.3) is 0 Å². The Kier molecular flexibility index (Phi) is 6.55. The second-order valence-corrected chi connectivity index (χ2v) is 15.2. The molecule has 11 rings (SSSR count). The summed E-state index contributed by atoms with van der Waals surface area (Å²) in [6, 6.07) is 71.9. The highest BCUT2D eigenvalue weighted by atomic mass is 15.2. The van der Waals surface area contributed by atoms with Crippen molar-refractivity contribution in [3.63, 3.8) is 0 Å². The molecule has 9 aromatic rings. The van der Waals surface area contributed by atoms with Gasteiger partial charge in [-0.1, -0.05) is 172 Å². The van der Waals surface area contributed by atoms with Crippen LogP contribution in [0.2, 0.25) is 0 Å². The van der Waals surface area contributed by atoms with Gasteiger partial charge in [-0.05, 0) is 80.9 Å². The van der Waals surface area contributed by atoms with E-state index in [1.165, 1.54) is 77.6 Å². The van der Waals surface area contributed by atoms with E-state index in [0.717, 1.165) is 11.4 Å². The summed E-state index contributed by atoms with van der Waals surface area (Å²) >= 11 is 0. The molecule has 1 aromatic heterocycles. The van der Waals surface area contributed by atoms with Crippen LogP contribution in [0, 0.1) is 0 Å². The van der Waals surface area contributed by atoms with Crippen LogP contribution in [0.3, 0.4) is 0 Å². The van der Waals surface area contributed by atoms with Gasteiger partial charge in [0.15, 0.2) is 0 Å². The summed E-state index contributed by atoms with van der Waals surface area (Å²) in [5, 5.41) is 2.46. The van der Waals surface area contributed by atoms with Gasteiger partial charge in [-0.25, -0.2) is 0 Å². The SMILES string of the molecule is CC1(C)c2ccccc2-c2c(N(c3ccccc3)c3cccc4c3c3ccccc3n4C3(c4ccccc4)c4ccccc4-c4ccccc43)cccc21. The Morgan fingerprint density at radius 3 is 1.65 bits per heavy atom. The van der Waals surface area contributed by atoms with Gasteiger partial charge in [-0.3, -0.25) is 0 Å². The zero-order valence-corrected chi connectivity index (χ0v) is 30.4. The van der Waals surface area contributed by atoms with Crippen molar-refractivity contribution in [2.24, 2.45) is 0 Å². The third kappa shape index (κ3) is 4.00. The molecule has 0 fully saturated rings. The number of para-hydroxylation sites is 2. The number of anilines is 3. The standard InChI is InChI=1S/C52H38N2/c1-51(2)41-27-13-11-25-39(41)49-44(51)30-17-32-46(49)53(36-21-7-4-8-22-36)47-33-18-34-48-50(47)40-26-12-16-31-45(40)54(48)52(35-19-5-3-6-20-35)42-28-14-9-23-37(42)38-24-10-15-29-43(38)52/h3-34H,1-2H3. The lowest BCUT2D eigenvalue weighted by Gasteiger charge is -2.36. The molecular formula is C52H38N2. The molecule has 1 heterocycles. The van der Waals surface area contributed by atoms with E-state index in [4.69, 9.17) is 0 Å². The topological polar surface area (TPSA) is 8.17 Å². The van der Waals surface area contributed by atoms with Crippen molar-refractivity contribution in [1.82, 2.24) is 4.57 Å². The van der Waals surface area contributed by atoms with Gasteiger partial charge in [-0.2, -0.15) is 0 Å². The summed E-state index contributed by atoms with van der Waals surface area (Å²) in [7, 11) is 0. The lowest BCUT2D eigenvalue weighted by Crippen LogP contribution is -2.35. The summed E-state index contributed by atoms with van der Waals surface area (Å²) in [4.78, 5) is 2.52. The first-order chi connectivity index (χ1) is 26.6. The third-order valence-corrected chi connectivity index (χ3v) is 12.2. The highest BCUT2D eigenvalue weighted by molar-refractivity contribution is 6.17. The van der Waals surface area contributed by atoms with Gasteiger partial charge in [0, 0.05) is 27.4 Å². The second-order valence-electron chi connectivity index (χ2n) is 15.2. The minimum absolute atomic E-state index is 0.113. The normalized spacial score (nSPS) is 14.4. The Bertz CT molecular complexity index is 2870. The first-order valence-corrected chi connectivity index (χ1v) is 19.0. The van der Waals surface area contributed by atoms with Gasteiger partial charge in [0.1, 0.15) is 5.54 Å². The second kappa shape index (κ2) is 11.4. The summed E-state index contributed by atoms with van der Waals surface area (Å²) < 4.78 is 2.65. The quantitative estimate of drug-likeness (QED) is 0.175. The van der Waals surface area contributed by atoms with Crippen molar-refractivity contribution in [3.05, 3.63) is 222 Å². The molecule has 2 aliphatic carbocycles. The summed E-state index contributed by atoms with van der Waals surface area (Å²) in [5.74, 6) is 0. The fraction of sp³-hybridized carbons (Fsp3) is 0.0769. The Hall–Kier alpha value is -6.64. The molecule has 0 aliphatic heterocycles. The van der Waals surface area contributed by atoms with Crippen LogP contribution in [-0.4, -0.2) is 4.57 Å². The van der Waals surface area contributed by atoms with Gasteiger partial charge in [-0.15, -0.1) is 0 Å². The summed E-state index contributed by atoms with van der Waals surface area (Å²) in [6.45, 7) is 4.73. The Balaban J connectivity index is 1.29. The third-order valence-electron chi connectivity index (χ3n) is 12.2. The highest BCUT2D eigenvalue weighted by Crippen LogP contribution is 2.58. The molecule has 256 valence electrons. The van der Waals surface area contributed by atoms with Crippen LogP contribution in [-0.2, 0) is 11.0 Å².